The molecule has 1 aromatic carbocycles. The quantitative estimate of drug-likeness (QED) is 0.700. The molecule has 0 aromatic heterocycles. The summed E-state index contributed by atoms with van der Waals surface area (Å²) < 4.78 is 0. The van der Waals surface area contributed by atoms with E-state index in [1.807, 2.05) is 24.0 Å². The lowest BCUT2D eigenvalue weighted by Gasteiger charge is -2.25. The molecule has 1 aromatic rings. The number of benzene rings is 1. The summed E-state index contributed by atoms with van der Waals surface area (Å²) in [5.41, 5.74) is 3.11. The van der Waals surface area contributed by atoms with Crippen LogP contribution in [0.5, 0.6) is 0 Å². The average molecular weight is 319 g/mol. The molecule has 0 saturated heterocycles. The lowest BCUT2D eigenvalue weighted by atomic mass is 10.0. The van der Waals surface area contributed by atoms with Crippen LogP contribution in [0.3, 0.4) is 0 Å². The highest BCUT2D eigenvalue weighted by molar-refractivity contribution is 5.95. The van der Waals surface area contributed by atoms with Crippen LogP contribution in [-0.2, 0) is 0 Å². The summed E-state index contributed by atoms with van der Waals surface area (Å²) >= 11 is 0. The van der Waals surface area contributed by atoms with E-state index < -0.39 is 0 Å². The van der Waals surface area contributed by atoms with E-state index in [1.165, 1.54) is 5.56 Å². The van der Waals surface area contributed by atoms with Gasteiger partial charge in [0.05, 0.1) is 0 Å². The first-order chi connectivity index (χ1) is 10.8. The van der Waals surface area contributed by atoms with Crippen molar-refractivity contribution in [1.29, 1.82) is 0 Å². The molecule has 0 aliphatic carbocycles. The van der Waals surface area contributed by atoms with Crippen molar-refractivity contribution in [2.45, 2.75) is 26.7 Å². The molecule has 1 rings (SSSR count). The van der Waals surface area contributed by atoms with E-state index in [1.54, 1.807) is 0 Å². The van der Waals surface area contributed by atoms with Crippen LogP contribution >= 0.6 is 0 Å². The number of amides is 1. The minimum atomic E-state index is 0.167. The predicted octanol–water partition coefficient (Wildman–Crippen LogP) is 2.65. The fourth-order valence-corrected chi connectivity index (χ4v) is 2.69. The summed E-state index contributed by atoms with van der Waals surface area (Å²) in [7, 11) is 8.29. The van der Waals surface area contributed by atoms with Crippen molar-refractivity contribution >= 4 is 5.91 Å². The zero-order chi connectivity index (χ0) is 17.4. The third-order valence-corrected chi connectivity index (χ3v) is 3.97. The maximum absolute atomic E-state index is 12.9. The summed E-state index contributed by atoms with van der Waals surface area (Å²) in [5, 5.41) is 0. The Labute approximate surface area is 142 Å². The van der Waals surface area contributed by atoms with Crippen LogP contribution in [0.2, 0.25) is 0 Å². The largest absolute Gasteiger partial charge is 0.339 e. The molecule has 0 atom stereocenters. The number of hydrogen-bond acceptors (Lipinski definition) is 3. The standard InChI is InChI=1S/C19H33N3O/c1-16-9-10-18(17(2)15-16)19(23)22(13-7-11-20(3)4)14-8-12-21(5)6/h9-10,15H,7-8,11-14H2,1-6H3. The second-order valence-corrected chi connectivity index (χ2v) is 6.92. The molecule has 4 nitrogen and oxygen atoms in total. The summed E-state index contributed by atoms with van der Waals surface area (Å²) in [6.07, 6.45) is 2.01. The third kappa shape index (κ3) is 7.14. The Balaban J connectivity index is 2.77. The highest BCUT2D eigenvalue weighted by atomic mass is 16.2. The Hall–Kier alpha value is -1.39. The van der Waals surface area contributed by atoms with Gasteiger partial charge in [0.15, 0.2) is 0 Å². The van der Waals surface area contributed by atoms with Gasteiger partial charge in [0.25, 0.3) is 5.91 Å². The first-order valence-corrected chi connectivity index (χ1v) is 8.47. The maximum Gasteiger partial charge on any atom is 0.254 e. The Morgan fingerprint density at radius 2 is 1.39 bits per heavy atom. The van der Waals surface area contributed by atoms with Gasteiger partial charge in [-0.15, -0.1) is 0 Å². The molecule has 0 spiro atoms. The second kappa shape index (κ2) is 9.68. The van der Waals surface area contributed by atoms with Crippen molar-refractivity contribution < 1.29 is 4.79 Å². The molecule has 1 amide bonds. The molecule has 0 N–H and O–H groups in total. The molecule has 0 radical (unpaired) electrons. The number of carbonyl (C=O) groups is 1. The third-order valence-electron chi connectivity index (χ3n) is 3.97. The van der Waals surface area contributed by atoms with E-state index in [-0.39, 0.29) is 5.91 Å². The lowest BCUT2D eigenvalue weighted by molar-refractivity contribution is 0.0744. The Morgan fingerprint density at radius 3 is 1.83 bits per heavy atom. The lowest BCUT2D eigenvalue weighted by Crippen LogP contribution is -2.35. The van der Waals surface area contributed by atoms with Crippen LogP contribution in [0.25, 0.3) is 0 Å². The molecule has 0 aliphatic rings. The van der Waals surface area contributed by atoms with Gasteiger partial charge >= 0.3 is 0 Å². The van der Waals surface area contributed by atoms with Crippen molar-refractivity contribution in [2.75, 3.05) is 54.4 Å². The Bertz CT molecular complexity index is 483. The van der Waals surface area contributed by atoms with E-state index in [0.717, 1.165) is 50.1 Å². The van der Waals surface area contributed by atoms with Crippen LogP contribution in [0.4, 0.5) is 0 Å². The van der Waals surface area contributed by atoms with Crippen molar-refractivity contribution in [3.05, 3.63) is 34.9 Å². The first kappa shape index (κ1) is 19.7. The Kier molecular flexibility index (Phi) is 8.28. The summed E-state index contributed by atoms with van der Waals surface area (Å²) in [4.78, 5) is 19.3. The normalized spacial score (nSPS) is 11.3. The van der Waals surface area contributed by atoms with Gasteiger partial charge in [-0.05, 0) is 79.6 Å². The van der Waals surface area contributed by atoms with Crippen LogP contribution in [0.1, 0.15) is 34.3 Å². The van der Waals surface area contributed by atoms with Gasteiger partial charge < -0.3 is 14.7 Å². The van der Waals surface area contributed by atoms with Gasteiger partial charge in [0.2, 0.25) is 0 Å². The Morgan fingerprint density at radius 1 is 0.870 bits per heavy atom. The number of carbonyl (C=O) groups excluding carboxylic acids is 1. The van der Waals surface area contributed by atoms with Gasteiger partial charge in [-0.25, -0.2) is 0 Å². The van der Waals surface area contributed by atoms with Gasteiger partial charge in [-0.2, -0.15) is 0 Å². The number of hydrogen-bond donors (Lipinski definition) is 0. The highest BCUT2D eigenvalue weighted by Crippen LogP contribution is 2.14. The first-order valence-electron chi connectivity index (χ1n) is 8.47. The monoisotopic (exact) mass is 319 g/mol. The van der Waals surface area contributed by atoms with Crippen LogP contribution in [-0.4, -0.2) is 75.0 Å². The fourth-order valence-electron chi connectivity index (χ4n) is 2.69. The number of rotatable bonds is 9. The summed E-state index contributed by atoms with van der Waals surface area (Å²) in [6, 6.07) is 6.08. The minimum Gasteiger partial charge on any atom is -0.339 e. The van der Waals surface area contributed by atoms with Gasteiger partial charge in [0, 0.05) is 18.7 Å². The summed E-state index contributed by atoms with van der Waals surface area (Å²) in [6.45, 7) is 7.73. The minimum absolute atomic E-state index is 0.167. The van der Waals surface area contributed by atoms with E-state index in [4.69, 9.17) is 0 Å². The van der Waals surface area contributed by atoms with Crippen molar-refractivity contribution in [2.24, 2.45) is 0 Å². The molecule has 0 bridgehead atoms. The van der Waals surface area contributed by atoms with Gasteiger partial charge in [-0.1, -0.05) is 17.7 Å². The maximum atomic E-state index is 12.9. The van der Waals surface area contributed by atoms with Crippen LogP contribution in [0, 0.1) is 13.8 Å². The number of nitrogens with zero attached hydrogens (tertiary/aromatic N) is 3. The predicted molar refractivity (Wildman–Crippen MR) is 98.2 cm³/mol. The van der Waals surface area contributed by atoms with Crippen LogP contribution < -0.4 is 0 Å². The van der Waals surface area contributed by atoms with Crippen molar-refractivity contribution in [3.8, 4) is 0 Å². The molecule has 0 aliphatic heterocycles. The molecule has 0 fully saturated rings. The summed E-state index contributed by atoms with van der Waals surface area (Å²) in [5.74, 6) is 0.167. The zero-order valence-corrected chi connectivity index (χ0v) is 15.7. The van der Waals surface area contributed by atoms with E-state index >= 15 is 0 Å². The molecule has 23 heavy (non-hydrogen) atoms. The smallest absolute Gasteiger partial charge is 0.254 e. The molecular formula is C19H33N3O. The van der Waals surface area contributed by atoms with Gasteiger partial charge in [-0.3, -0.25) is 4.79 Å². The van der Waals surface area contributed by atoms with E-state index in [2.05, 4.69) is 51.0 Å². The van der Waals surface area contributed by atoms with E-state index in [9.17, 15) is 4.79 Å². The average Bonchev–Trinajstić information content (AvgIpc) is 2.44. The van der Waals surface area contributed by atoms with Gasteiger partial charge in [0.1, 0.15) is 0 Å². The molecular weight excluding hydrogens is 286 g/mol. The molecule has 0 saturated carbocycles. The molecule has 0 heterocycles. The number of aryl methyl sites for hydroxylation is 2. The fraction of sp³-hybridized carbons (Fsp3) is 0.632. The SMILES string of the molecule is Cc1ccc(C(=O)N(CCCN(C)C)CCCN(C)C)c(C)c1. The highest BCUT2D eigenvalue weighted by Gasteiger charge is 2.17. The van der Waals surface area contributed by atoms with E-state index in [0.29, 0.717) is 0 Å². The van der Waals surface area contributed by atoms with Crippen LogP contribution in [0.15, 0.2) is 18.2 Å². The van der Waals surface area contributed by atoms with Crippen molar-refractivity contribution in [3.63, 3.8) is 0 Å². The molecule has 130 valence electrons. The second-order valence-electron chi connectivity index (χ2n) is 6.92. The molecule has 4 heteroatoms. The van der Waals surface area contributed by atoms with Crippen molar-refractivity contribution in [1.82, 2.24) is 14.7 Å². The molecule has 0 unspecified atom stereocenters. The topological polar surface area (TPSA) is 26.8 Å². The zero-order valence-electron chi connectivity index (χ0n) is 15.7.